The number of carboxylic acids is 1. The maximum atomic E-state index is 12.9. The average molecular weight is 297 g/mol. The van der Waals surface area contributed by atoms with E-state index in [0.29, 0.717) is 5.56 Å². The van der Waals surface area contributed by atoms with Crippen LogP contribution >= 0.6 is 0 Å². The number of hydrogen-bond donors (Lipinski definition) is 1. The highest BCUT2D eigenvalue weighted by molar-refractivity contribution is 5.79. The molecule has 0 saturated heterocycles. The summed E-state index contributed by atoms with van der Waals surface area (Å²) in [7, 11) is 0. The minimum absolute atomic E-state index is 0.0304. The van der Waals surface area contributed by atoms with Gasteiger partial charge in [0.05, 0.1) is 0 Å². The second-order valence-electron chi connectivity index (χ2n) is 5.75. The molecule has 116 valence electrons. The van der Waals surface area contributed by atoms with Crippen molar-refractivity contribution in [2.45, 2.75) is 45.9 Å². The van der Waals surface area contributed by atoms with Crippen molar-refractivity contribution in [2.24, 2.45) is 0 Å². The number of carboxylic acid groups (broad SMARTS) is 1. The van der Waals surface area contributed by atoms with Crippen LogP contribution in [0.3, 0.4) is 0 Å². The lowest BCUT2D eigenvalue weighted by Crippen LogP contribution is -2.45. The smallest absolute Gasteiger partial charge is 0.411 e. The first-order valence-corrected chi connectivity index (χ1v) is 6.57. The number of nitrogens with zero attached hydrogens (tertiary/aromatic N) is 1. The van der Waals surface area contributed by atoms with E-state index >= 15 is 0 Å². The number of halogens is 1. The molecule has 1 N–H and O–H groups in total. The lowest BCUT2D eigenvalue weighted by atomic mass is 10.1. The van der Waals surface area contributed by atoms with Gasteiger partial charge in [-0.2, -0.15) is 0 Å². The molecule has 1 amide bonds. The van der Waals surface area contributed by atoms with Crippen LogP contribution in [0.1, 0.15) is 33.3 Å². The van der Waals surface area contributed by atoms with E-state index in [1.54, 1.807) is 20.8 Å². The SMILES string of the molecule is CC(C(=O)O)N(Cc1ccc(F)cc1)C(=O)OC(C)(C)C. The van der Waals surface area contributed by atoms with Crippen LogP contribution < -0.4 is 0 Å². The quantitative estimate of drug-likeness (QED) is 0.927. The zero-order valence-corrected chi connectivity index (χ0v) is 12.6. The fourth-order valence-electron chi connectivity index (χ4n) is 1.60. The van der Waals surface area contributed by atoms with Gasteiger partial charge < -0.3 is 9.84 Å². The zero-order chi connectivity index (χ0) is 16.2. The Morgan fingerprint density at radius 2 is 1.81 bits per heavy atom. The number of rotatable bonds is 4. The predicted octanol–water partition coefficient (Wildman–Crippen LogP) is 3.04. The summed E-state index contributed by atoms with van der Waals surface area (Å²) in [6, 6.07) is 4.47. The molecule has 6 heteroatoms. The molecule has 1 atom stereocenters. The van der Waals surface area contributed by atoms with Crippen LogP contribution in [-0.2, 0) is 16.1 Å². The Morgan fingerprint density at radius 3 is 2.24 bits per heavy atom. The zero-order valence-electron chi connectivity index (χ0n) is 12.6. The van der Waals surface area contributed by atoms with Gasteiger partial charge in [-0.15, -0.1) is 0 Å². The summed E-state index contributed by atoms with van der Waals surface area (Å²) in [5, 5.41) is 9.11. The highest BCUT2D eigenvalue weighted by atomic mass is 19.1. The molecule has 0 aliphatic carbocycles. The van der Waals surface area contributed by atoms with Gasteiger partial charge in [-0.05, 0) is 45.4 Å². The summed E-state index contributed by atoms with van der Waals surface area (Å²) < 4.78 is 18.1. The van der Waals surface area contributed by atoms with Crippen molar-refractivity contribution >= 4 is 12.1 Å². The topological polar surface area (TPSA) is 66.8 Å². The molecule has 1 aromatic rings. The summed E-state index contributed by atoms with van der Waals surface area (Å²) >= 11 is 0. The summed E-state index contributed by atoms with van der Waals surface area (Å²) in [5.74, 6) is -1.53. The fourth-order valence-corrected chi connectivity index (χ4v) is 1.60. The van der Waals surface area contributed by atoms with E-state index in [-0.39, 0.29) is 6.54 Å². The third kappa shape index (κ3) is 5.41. The van der Waals surface area contributed by atoms with E-state index in [9.17, 15) is 14.0 Å². The number of amides is 1. The van der Waals surface area contributed by atoms with E-state index < -0.39 is 29.5 Å². The van der Waals surface area contributed by atoms with Crippen molar-refractivity contribution < 1.29 is 23.8 Å². The first-order chi connectivity index (χ1) is 9.60. The highest BCUT2D eigenvalue weighted by Gasteiger charge is 2.29. The number of benzene rings is 1. The van der Waals surface area contributed by atoms with Crippen LogP contribution in [0.25, 0.3) is 0 Å². The summed E-state index contributed by atoms with van der Waals surface area (Å²) in [4.78, 5) is 24.4. The van der Waals surface area contributed by atoms with Crippen LogP contribution in [0.4, 0.5) is 9.18 Å². The van der Waals surface area contributed by atoms with Crippen LogP contribution in [-0.4, -0.2) is 33.7 Å². The van der Waals surface area contributed by atoms with Gasteiger partial charge in [-0.1, -0.05) is 12.1 Å². The number of hydrogen-bond acceptors (Lipinski definition) is 3. The van der Waals surface area contributed by atoms with Gasteiger partial charge in [-0.25, -0.2) is 14.0 Å². The fraction of sp³-hybridized carbons (Fsp3) is 0.467. The Bertz CT molecular complexity index is 507. The van der Waals surface area contributed by atoms with Gasteiger partial charge in [0, 0.05) is 6.54 Å². The van der Waals surface area contributed by atoms with Crippen LogP contribution in [0.15, 0.2) is 24.3 Å². The molecular weight excluding hydrogens is 277 g/mol. The highest BCUT2D eigenvalue weighted by Crippen LogP contribution is 2.15. The molecule has 0 saturated carbocycles. The monoisotopic (exact) mass is 297 g/mol. The third-order valence-electron chi connectivity index (χ3n) is 2.72. The molecule has 0 radical (unpaired) electrons. The Morgan fingerprint density at radius 1 is 1.29 bits per heavy atom. The lowest BCUT2D eigenvalue weighted by molar-refractivity contribution is -0.142. The molecule has 0 fully saturated rings. The van der Waals surface area contributed by atoms with Crippen molar-refractivity contribution in [1.29, 1.82) is 0 Å². The van der Waals surface area contributed by atoms with Crippen molar-refractivity contribution in [3.63, 3.8) is 0 Å². The number of carbonyl (C=O) groups excluding carboxylic acids is 1. The largest absolute Gasteiger partial charge is 0.480 e. The van der Waals surface area contributed by atoms with Gasteiger partial charge in [0.15, 0.2) is 0 Å². The molecule has 1 aromatic carbocycles. The Kier molecular flexibility index (Phi) is 5.29. The van der Waals surface area contributed by atoms with E-state index in [4.69, 9.17) is 9.84 Å². The molecule has 0 aliphatic rings. The molecular formula is C15H20FNO4. The second-order valence-corrected chi connectivity index (χ2v) is 5.75. The van der Waals surface area contributed by atoms with E-state index in [1.165, 1.54) is 31.2 Å². The minimum atomic E-state index is -1.14. The molecule has 1 unspecified atom stereocenters. The molecule has 0 aromatic heterocycles. The summed E-state index contributed by atoms with van der Waals surface area (Å²) in [6.07, 6.45) is -0.721. The maximum Gasteiger partial charge on any atom is 0.411 e. The van der Waals surface area contributed by atoms with Crippen LogP contribution in [0.5, 0.6) is 0 Å². The third-order valence-corrected chi connectivity index (χ3v) is 2.72. The van der Waals surface area contributed by atoms with Gasteiger partial charge in [-0.3, -0.25) is 4.90 Å². The van der Waals surface area contributed by atoms with E-state index in [1.807, 2.05) is 0 Å². The van der Waals surface area contributed by atoms with Crippen molar-refractivity contribution in [3.05, 3.63) is 35.6 Å². The molecule has 0 heterocycles. The summed E-state index contributed by atoms with van der Waals surface area (Å²) in [5.41, 5.74) is -0.105. The Labute approximate surface area is 123 Å². The van der Waals surface area contributed by atoms with E-state index in [2.05, 4.69) is 0 Å². The first-order valence-electron chi connectivity index (χ1n) is 6.57. The minimum Gasteiger partial charge on any atom is -0.480 e. The van der Waals surface area contributed by atoms with E-state index in [0.717, 1.165) is 4.90 Å². The molecule has 21 heavy (non-hydrogen) atoms. The summed E-state index contributed by atoms with van der Waals surface area (Å²) in [6.45, 7) is 6.53. The molecule has 0 spiro atoms. The maximum absolute atomic E-state index is 12.9. The predicted molar refractivity (Wildman–Crippen MR) is 75.3 cm³/mol. The number of carbonyl (C=O) groups is 2. The second kappa shape index (κ2) is 6.56. The van der Waals surface area contributed by atoms with Crippen molar-refractivity contribution in [1.82, 2.24) is 4.90 Å². The van der Waals surface area contributed by atoms with Crippen LogP contribution in [0, 0.1) is 5.82 Å². The van der Waals surface area contributed by atoms with Gasteiger partial charge >= 0.3 is 12.1 Å². The molecule has 0 bridgehead atoms. The van der Waals surface area contributed by atoms with Crippen molar-refractivity contribution in [3.8, 4) is 0 Å². The number of aliphatic carboxylic acids is 1. The van der Waals surface area contributed by atoms with Crippen molar-refractivity contribution in [2.75, 3.05) is 0 Å². The van der Waals surface area contributed by atoms with Gasteiger partial charge in [0.1, 0.15) is 17.5 Å². The van der Waals surface area contributed by atoms with Gasteiger partial charge in [0.25, 0.3) is 0 Å². The molecule has 0 aliphatic heterocycles. The number of ether oxygens (including phenoxy) is 1. The Hall–Kier alpha value is -2.11. The van der Waals surface area contributed by atoms with Gasteiger partial charge in [0.2, 0.25) is 0 Å². The average Bonchev–Trinajstić information content (AvgIpc) is 2.35. The molecule has 5 nitrogen and oxygen atoms in total. The lowest BCUT2D eigenvalue weighted by Gasteiger charge is -2.29. The van der Waals surface area contributed by atoms with Crippen LogP contribution in [0.2, 0.25) is 0 Å². The Balaban J connectivity index is 2.94. The standard InChI is InChI=1S/C15H20FNO4/c1-10(13(18)19)17(14(20)21-15(2,3)4)9-11-5-7-12(16)8-6-11/h5-8,10H,9H2,1-4H3,(H,18,19). The first kappa shape index (κ1) is 16.9. The molecule has 1 rings (SSSR count). The normalized spacial score (nSPS) is 12.6.